The van der Waals surface area contributed by atoms with Crippen LogP contribution in [0.25, 0.3) is 0 Å². The van der Waals surface area contributed by atoms with Crippen molar-refractivity contribution in [1.29, 1.82) is 0 Å². The average Bonchev–Trinajstić information content (AvgIpc) is 2.97. The molecule has 0 aromatic rings. The molecule has 17 heavy (non-hydrogen) atoms. The fraction of sp³-hybridized carbons (Fsp3) is 1.00. The molecule has 100 valence electrons. The summed E-state index contributed by atoms with van der Waals surface area (Å²) in [5.74, 6) is 0. The van der Waals surface area contributed by atoms with Crippen LogP contribution in [0.4, 0.5) is 0 Å². The molecule has 5 heteroatoms. The quantitative estimate of drug-likeness (QED) is 0.814. The van der Waals surface area contributed by atoms with Gasteiger partial charge in [-0.05, 0) is 45.1 Å². The van der Waals surface area contributed by atoms with E-state index in [1.165, 1.54) is 0 Å². The molecule has 2 N–H and O–H groups in total. The highest BCUT2D eigenvalue weighted by Gasteiger charge is 2.39. The minimum absolute atomic E-state index is 0.0963. The molecule has 0 bridgehead atoms. The van der Waals surface area contributed by atoms with E-state index in [0.717, 1.165) is 57.9 Å². The highest BCUT2D eigenvalue weighted by atomic mass is 32.2. The van der Waals surface area contributed by atoms with E-state index in [4.69, 9.17) is 5.73 Å². The second kappa shape index (κ2) is 5.67. The van der Waals surface area contributed by atoms with Gasteiger partial charge in [0.1, 0.15) is 0 Å². The van der Waals surface area contributed by atoms with Crippen LogP contribution >= 0.6 is 0 Å². The molecule has 1 aliphatic heterocycles. The molecule has 0 amide bonds. The monoisotopic (exact) mass is 260 g/mol. The predicted octanol–water partition coefficient (Wildman–Crippen LogP) is 1.46. The Hall–Kier alpha value is -0.130. The lowest BCUT2D eigenvalue weighted by atomic mass is 10.1. The third-order valence-corrected chi connectivity index (χ3v) is 6.56. The first-order valence-corrected chi connectivity index (χ1v) is 8.37. The number of nitrogens with zero attached hydrogens (tertiary/aromatic N) is 1. The molecule has 1 aliphatic carbocycles. The first-order chi connectivity index (χ1) is 8.16. The molecule has 0 aromatic carbocycles. The van der Waals surface area contributed by atoms with Crippen LogP contribution in [0.2, 0.25) is 0 Å². The van der Waals surface area contributed by atoms with E-state index < -0.39 is 10.0 Å². The van der Waals surface area contributed by atoms with Crippen LogP contribution < -0.4 is 5.73 Å². The lowest BCUT2D eigenvalue weighted by Crippen LogP contribution is -2.41. The maximum atomic E-state index is 12.5. The van der Waals surface area contributed by atoms with Crippen LogP contribution in [0.15, 0.2) is 0 Å². The van der Waals surface area contributed by atoms with E-state index in [1.807, 2.05) is 0 Å². The van der Waals surface area contributed by atoms with Gasteiger partial charge in [-0.1, -0.05) is 12.8 Å². The third kappa shape index (κ3) is 2.83. The second-order valence-electron chi connectivity index (χ2n) is 5.29. The Morgan fingerprint density at radius 1 is 1.12 bits per heavy atom. The summed E-state index contributed by atoms with van der Waals surface area (Å²) >= 11 is 0. The van der Waals surface area contributed by atoms with Crippen LogP contribution in [0.3, 0.4) is 0 Å². The van der Waals surface area contributed by atoms with Crippen molar-refractivity contribution in [3.63, 3.8) is 0 Å². The van der Waals surface area contributed by atoms with Crippen molar-refractivity contribution >= 4 is 10.0 Å². The molecule has 1 saturated carbocycles. The maximum Gasteiger partial charge on any atom is 0.217 e. The first-order valence-electron chi connectivity index (χ1n) is 6.87. The van der Waals surface area contributed by atoms with Crippen molar-refractivity contribution in [1.82, 2.24) is 4.31 Å². The molecule has 1 heterocycles. The zero-order valence-corrected chi connectivity index (χ0v) is 11.3. The summed E-state index contributed by atoms with van der Waals surface area (Å²) in [6.45, 7) is 1.39. The van der Waals surface area contributed by atoms with Crippen LogP contribution in [-0.2, 0) is 10.0 Å². The Morgan fingerprint density at radius 2 is 1.82 bits per heavy atom. The van der Waals surface area contributed by atoms with Gasteiger partial charge in [-0.15, -0.1) is 0 Å². The summed E-state index contributed by atoms with van der Waals surface area (Å²) in [4.78, 5) is 0. The molecule has 1 unspecified atom stereocenters. The number of rotatable bonds is 5. The van der Waals surface area contributed by atoms with Crippen molar-refractivity contribution < 1.29 is 8.42 Å². The van der Waals surface area contributed by atoms with Crippen LogP contribution in [0, 0.1) is 0 Å². The molecule has 1 saturated heterocycles. The van der Waals surface area contributed by atoms with Gasteiger partial charge in [0.2, 0.25) is 10.0 Å². The van der Waals surface area contributed by atoms with Gasteiger partial charge in [0.15, 0.2) is 0 Å². The minimum Gasteiger partial charge on any atom is -0.330 e. The fourth-order valence-electron chi connectivity index (χ4n) is 3.16. The molecule has 1 atom stereocenters. The normalized spacial score (nSPS) is 27.9. The second-order valence-corrected chi connectivity index (χ2v) is 7.45. The van der Waals surface area contributed by atoms with E-state index in [2.05, 4.69) is 0 Å². The fourth-order valence-corrected chi connectivity index (χ4v) is 5.49. The van der Waals surface area contributed by atoms with Gasteiger partial charge >= 0.3 is 0 Å². The smallest absolute Gasteiger partial charge is 0.217 e. The van der Waals surface area contributed by atoms with Crippen molar-refractivity contribution in [3.8, 4) is 0 Å². The number of hydrogen-bond donors (Lipinski definition) is 1. The lowest BCUT2D eigenvalue weighted by Gasteiger charge is -2.27. The van der Waals surface area contributed by atoms with Crippen molar-refractivity contribution in [2.45, 2.75) is 62.7 Å². The summed E-state index contributed by atoms with van der Waals surface area (Å²) < 4.78 is 26.8. The maximum absolute atomic E-state index is 12.5. The van der Waals surface area contributed by atoms with E-state index in [0.29, 0.717) is 6.54 Å². The predicted molar refractivity (Wildman–Crippen MR) is 69.2 cm³/mol. The summed E-state index contributed by atoms with van der Waals surface area (Å²) in [5, 5.41) is -0.0963. The first kappa shape index (κ1) is 13.3. The van der Waals surface area contributed by atoms with Crippen molar-refractivity contribution in [2.24, 2.45) is 5.73 Å². The van der Waals surface area contributed by atoms with Crippen LogP contribution in [0.5, 0.6) is 0 Å². The van der Waals surface area contributed by atoms with Gasteiger partial charge in [0, 0.05) is 12.6 Å². The number of nitrogens with two attached hydrogens (primary N) is 1. The van der Waals surface area contributed by atoms with Gasteiger partial charge in [0.05, 0.1) is 5.25 Å². The highest BCUT2D eigenvalue weighted by molar-refractivity contribution is 7.89. The molecule has 4 nitrogen and oxygen atoms in total. The van der Waals surface area contributed by atoms with Gasteiger partial charge in [-0.25, -0.2) is 8.42 Å². The standard InChI is InChI=1S/C12H24N2O2S/c13-9-3-5-11-6-4-10-14(11)17(15,16)12-7-1-2-8-12/h11-12H,1-10,13H2. The Bertz CT molecular complexity index is 336. The summed E-state index contributed by atoms with van der Waals surface area (Å²) in [6.07, 6.45) is 7.78. The van der Waals surface area contributed by atoms with Crippen LogP contribution in [-0.4, -0.2) is 37.1 Å². The topological polar surface area (TPSA) is 63.4 Å². The summed E-state index contributed by atoms with van der Waals surface area (Å²) in [5.41, 5.74) is 5.52. The Balaban J connectivity index is 2.03. The Morgan fingerprint density at radius 3 is 2.47 bits per heavy atom. The average molecular weight is 260 g/mol. The summed E-state index contributed by atoms with van der Waals surface area (Å²) in [7, 11) is -3.03. The lowest BCUT2D eigenvalue weighted by molar-refractivity contribution is 0.360. The molecular formula is C12H24N2O2S. The van der Waals surface area contributed by atoms with Crippen molar-refractivity contribution in [2.75, 3.05) is 13.1 Å². The largest absolute Gasteiger partial charge is 0.330 e. The van der Waals surface area contributed by atoms with E-state index in [1.54, 1.807) is 4.31 Å². The molecule has 2 aliphatic rings. The molecule has 0 aromatic heterocycles. The van der Waals surface area contributed by atoms with Crippen molar-refractivity contribution in [3.05, 3.63) is 0 Å². The molecule has 2 fully saturated rings. The van der Waals surface area contributed by atoms with Gasteiger partial charge in [-0.2, -0.15) is 4.31 Å². The Labute approximate surface area is 105 Å². The van der Waals surface area contributed by atoms with Gasteiger partial charge in [0.25, 0.3) is 0 Å². The van der Waals surface area contributed by atoms with E-state index in [-0.39, 0.29) is 11.3 Å². The third-order valence-electron chi connectivity index (χ3n) is 4.11. The molecule has 0 radical (unpaired) electrons. The highest BCUT2D eigenvalue weighted by Crippen LogP contribution is 2.32. The zero-order chi connectivity index (χ0) is 12.3. The van der Waals surface area contributed by atoms with Gasteiger partial charge < -0.3 is 5.73 Å². The minimum atomic E-state index is -3.03. The van der Waals surface area contributed by atoms with E-state index >= 15 is 0 Å². The Kier molecular flexibility index (Phi) is 4.44. The summed E-state index contributed by atoms with van der Waals surface area (Å²) in [6, 6.07) is 0.226. The number of sulfonamides is 1. The van der Waals surface area contributed by atoms with Gasteiger partial charge in [-0.3, -0.25) is 0 Å². The zero-order valence-electron chi connectivity index (χ0n) is 10.5. The number of hydrogen-bond acceptors (Lipinski definition) is 3. The van der Waals surface area contributed by atoms with Crippen LogP contribution in [0.1, 0.15) is 51.4 Å². The molecule has 0 spiro atoms. The SMILES string of the molecule is NCCCC1CCCN1S(=O)(=O)C1CCCC1. The molecular weight excluding hydrogens is 236 g/mol. The molecule has 2 rings (SSSR count). The van der Waals surface area contributed by atoms with E-state index in [9.17, 15) is 8.42 Å².